The van der Waals surface area contributed by atoms with Crippen molar-refractivity contribution in [3.8, 4) is 0 Å². The molecule has 1 rings (SSSR count). The minimum absolute atomic E-state index is 0.0424. The van der Waals surface area contributed by atoms with Crippen LogP contribution in [0, 0.1) is 0 Å². The van der Waals surface area contributed by atoms with E-state index in [1.54, 1.807) is 4.31 Å². The molecule has 0 radical (unpaired) electrons. The second-order valence-electron chi connectivity index (χ2n) is 5.55. The highest BCUT2D eigenvalue weighted by molar-refractivity contribution is 7.89. The van der Waals surface area contributed by atoms with Crippen molar-refractivity contribution in [1.29, 1.82) is 0 Å². The van der Waals surface area contributed by atoms with Crippen molar-refractivity contribution in [2.45, 2.75) is 46.3 Å². The first kappa shape index (κ1) is 17.1. The molecule has 1 N–H and O–H groups in total. The fraction of sp³-hybridized carbons (Fsp3) is 0.600. The molecule has 0 aliphatic heterocycles. The van der Waals surface area contributed by atoms with Gasteiger partial charge in [0.1, 0.15) is 0 Å². The van der Waals surface area contributed by atoms with E-state index in [2.05, 4.69) is 5.32 Å². The number of nitrogens with one attached hydrogen (secondary N) is 1. The Hall–Kier alpha value is -0.910. The van der Waals surface area contributed by atoms with Gasteiger partial charge in [-0.15, -0.1) is 0 Å². The summed E-state index contributed by atoms with van der Waals surface area (Å²) in [6.45, 7) is 8.76. The number of benzene rings is 1. The Balaban J connectivity index is 2.74. The molecule has 5 heteroatoms. The average molecular weight is 298 g/mol. The minimum Gasteiger partial charge on any atom is -0.313 e. The topological polar surface area (TPSA) is 49.4 Å². The number of hydrogen-bond acceptors (Lipinski definition) is 3. The number of rotatable bonds is 8. The fourth-order valence-electron chi connectivity index (χ4n) is 1.96. The maximum Gasteiger partial charge on any atom is 0.215 e. The van der Waals surface area contributed by atoms with Crippen molar-refractivity contribution < 1.29 is 8.42 Å². The predicted molar refractivity (Wildman–Crippen MR) is 84.0 cm³/mol. The van der Waals surface area contributed by atoms with Crippen LogP contribution in [0.4, 0.5) is 0 Å². The van der Waals surface area contributed by atoms with E-state index >= 15 is 0 Å². The standard InChI is InChI=1S/C15H26N2O2S/c1-13(2)16-10-11-20(18,19)17(14(3)4)12-15-8-6-5-7-9-15/h5-9,13-14,16H,10-12H2,1-4H3. The first-order chi connectivity index (χ1) is 9.33. The van der Waals surface area contributed by atoms with Gasteiger partial charge < -0.3 is 5.32 Å². The largest absolute Gasteiger partial charge is 0.313 e. The molecule has 0 atom stereocenters. The number of nitrogens with zero attached hydrogens (tertiary/aromatic N) is 1. The van der Waals surface area contributed by atoms with Crippen LogP contribution >= 0.6 is 0 Å². The van der Waals surface area contributed by atoms with Gasteiger partial charge in [0.25, 0.3) is 0 Å². The summed E-state index contributed by atoms with van der Waals surface area (Å²) in [6, 6.07) is 9.96. The third-order valence-electron chi connectivity index (χ3n) is 3.03. The van der Waals surface area contributed by atoms with E-state index in [0.29, 0.717) is 19.1 Å². The first-order valence-corrected chi connectivity index (χ1v) is 8.70. The highest BCUT2D eigenvalue weighted by Gasteiger charge is 2.24. The zero-order valence-corrected chi connectivity index (χ0v) is 13.7. The minimum atomic E-state index is -3.24. The monoisotopic (exact) mass is 298 g/mol. The maximum atomic E-state index is 12.4. The molecule has 0 bridgehead atoms. The normalized spacial score (nSPS) is 12.6. The summed E-state index contributed by atoms with van der Waals surface area (Å²) in [5, 5.41) is 3.15. The Bertz CT molecular complexity index is 484. The van der Waals surface area contributed by atoms with Crippen LogP contribution in [0.15, 0.2) is 30.3 Å². The van der Waals surface area contributed by atoms with Crippen molar-refractivity contribution in [2.24, 2.45) is 0 Å². The van der Waals surface area contributed by atoms with Gasteiger partial charge in [-0.05, 0) is 19.4 Å². The van der Waals surface area contributed by atoms with Gasteiger partial charge >= 0.3 is 0 Å². The summed E-state index contributed by atoms with van der Waals surface area (Å²) in [7, 11) is -3.24. The molecule has 0 saturated carbocycles. The van der Waals surface area contributed by atoms with Crippen LogP contribution in [0.2, 0.25) is 0 Å². The Kier molecular flexibility index (Phi) is 6.65. The second-order valence-corrected chi connectivity index (χ2v) is 7.59. The first-order valence-electron chi connectivity index (χ1n) is 7.09. The zero-order chi connectivity index (χ0) is 15.2. The van der Waals surface area contributed by atoms with Gasteiger partial charge in [-0.25, -0.2) is 8.42 Å². The van der Waals surface area contributed by atoms with Crippen molar-refractivity contribution >= 4 is 10.0 Å². The molecule has 0 amide bonds. The van der Waals surface area contributed by atoms with Gasteiger partial charge in [-0.1, -0.05) is 44.2 Å². The quantitative estimate of drug-likeness (QED) is 0.800. The average Bonchev–Trinajstić information content (AvgIpc) is 2.36. The SMILES string of the molecule is CC(C)NCCS(=O)(=O)N(Cc1ccccc1)C(C)C. The molecule has 0 spiro atoms. The van der Waals surface area contributed by atoms with E-state index in [1.807, 2.05) is 58.0 Å². The van der Waals surface area contributed by atoms with Gasteiger partial charge in [0.05, 0.1) is 5.75 Å². The molecule has 114 valence electrons. The lowest BCUT2D eigenvalue weighted by atomic mass is 10.2. The lowest BCUT2D eigenvalue weighted by Gasteiger charge is -2.26. The molecular formula is C15H26N2O2S. The fourth-order valence-corrected chi connectivity index (χ4v) is 3.56. The van der Waals surface area contributed by atoms with Crippen LogP contribution in [0.3, 0.4) is 0 Å². The van der Waals surface area contributed by atoms with E-state index in [0.717, 1.165) is 5.56 Å². The summed E-state index contributed by atoms with van der Waals surface area (Å²) in [5.41, 5.74) is 1.02. The lowest BCUT2D eigenvalue weighted by molar-refractivity contribution is 0.347. The van der Waals surface area contributed by atoms with E-state index < -0.39 is 10.0 Å². The highest BCUT2D eigenvalue weighted by Crippen LogP contribution is 2.13. The summed E-state index contributed by atoms with van der Waals surface area (Å²) in [4.78, 5) is 0. The third kappa shape index (κ3) is 5.61. The Morgan fingerprint density at radius 2 is 1.70 bits per heavy atom. The van der Waals surface area contributed by atoms with Crippen molar-refractivity contribution in [2.75, 3.05) is 12.3 Å². The smallest absolute Gasteiger partial charge is 0.215 e. The Morgan fingerprint density at radius 3 is 2.20 bits per heavy atom. The van der Waals surface area contributed by atoms with E-state index in [4.69, 9.17) is 0 Å². The Morgan fingerprint density at radius 1 is 1.10 bits per heavy atom. The van der Waals surface area contributed by atoms with Gasteiger partial charge in [0.2, 0.25) is 10.0 Å². The molecule has 4 nitrogen and oxygen atoms in total. The molecule has 0 unspecified atom stereocenters. The maximum absolute atomic E-state index is 12.4. The molecule has 0 aliphatic rings. The van der Waals surface area contributed by atoms with Crippen LogP contribution in [-0.2, 0) is 16.6 Å². The van der Waals surface area contributed by atoms with Crippen LogP contribution in [0.5, 0.6) is 0 Å². The predicted octanol–water partition coefficient (Wildman–Crippen LogP) is 2.22. The van der Waals surface area contributed by atoms with E-state index in [9.17, 15) is 8.42 Å². The molecular weight excluding hydrogens is 272 g/mol. The summed E-state index contributed by atoms with van der Waals surface area (Å²) in [5.74, 6) is 0.135. The van der Waals surface area contributed by atoms with Crippen LogP contribution < -0.4 is 5.32 Å². The van der Waals surface area contributed by atoms with E-state index in [1.165, 1.54) is 0 Å². The van der Waals surface area contributed by atoms with Gasteiger partial charge in [-0.2, -0.15) is 4.31 Å². The molecule has 0 heterocycles. The van der Waals surface area contributed by atoms with E-state index in [-0.39, 0.29) is 11.8 Å². The zero-order valence-electron chi connectivity index (χ0n) is 12.8. The summed E-state index contributed by atoms with van der Waals surface area (Å²) in [6.07, 6.45) is 0. The molecule has 0 aliphatic carbocycles. The number of hydrogen-bond donors (Lipinski definition) is 1. The van der Waals surface area contributed by atoms with Crippen molar-refractivity contribution in [3.63, 3.8) is 0 Å². The summed E-state index contributed by atoms with van der Waals surface area (Å²) < 4.78 is 26.5. The molecule has 20 heavy (non-hydrogen) atoms. The summed E-state index contributed by atoms with van der Waals surface area (Å²) >= 11 is 0. The highest BCUT2D eigenvalue weighted by atomic mass is 32.2. The molecule has 0 fully saturated rings. The van der Waals surface area contributed by atoms with Gasteiger partial charge in [-0.3, -0.25) is 0 Å². The van der Waals surface area contributed by atoms with Crippen molar-refractivity contribution in [3.05, 3.63) is 35.9 Å². The molecule has 1 aromatic carbocycles. The lowest BCUT2D eigenvalue weighted by Crippen LogP contribution is -2.41. The molecule has 0 saturated heterocycles. The Labute approximate surface area is 123 Å². The van der Waals surface area contributed by atoms with Crippen LogP contribution in [0.1, 0.15) is 33.3 Å². The van der Waals surface area contributed by atoms with Crippen LogP contribution in [-0.4, -0.2) is 37.1 Å². The van der Waals surface area contributed by atoms with Crippen molar-refractivity contribution in [1.82, 2.24) is 9.62 Å². The van der Waals surface area contributed by atoms with Gasteiger partial charge in [0, 0.05) is 25.2 Å². The third-order valence-corrected chi connectivity index (χ3v) is 5.01. The van der Waals surface area contributed by atoms with Crippen LogP contribution in [0.25, 0.3) is 0 Å². The van der Waals surface area contributed by atoms with Gasteiger partial charge in [0.15, 0.2) is 0 Å². The molecule has 0 aromatic heterocycles. The second kappa shape index (κ2) is 7.76. The number of sulfonamides is 1. The molecule has 1 aromatic rings.